The fourth-order valence-electron chi connectivity index (χ4n) is 1.83. The highest BCUT2D eigenvalue weighted by Gasteiger charge is 2.24. The summed E-state index contributed by atoms with van der Waals surface area (Å²) < 4.78 is 18.5. The molecule has 1 aromatic carbocycles. The predicted octanol–water partition coefficient (Wildman–Crippen LogP) is 2.82. The first-order chi connectivity index (χ1) is 7.66. The maximum absolute atomic E-state index is 13.0. The van der Waals surface area contributed by atoms with E-state index in [1.807, 2.05) is 0 Å². The van der Waals surface area contributed by atoms with Crippen molar-refractivity contribution in [2.45, 2.75) is 30.5 Å². The van der Waals surface area contributed by atoms with Gasteiger partial charge in [0.2, 0.25) is 0 Å². The highest BCUT2D eigenvalue weighted by Crippen LogP contribution is 2.30. The van der Waals surface area contributed by atoms with Crippen LogP contribution in [0.5, 0.6) is 0 Å². The van der Waals surface area contributed by atoms with Crippen molar-refractivity contribution < 1.29 is 9.13 Å². The van der Waals surface area contributed by atoms with E-state index < -0.39 is 0 Å². The van der Waals surface area contributed by atoms with E-state index in [-0.39, 0.29) is 5.82 Å². The molecule has 0 radical (unpaired) electrons. The van der Waals surface area contributed by atoms with Gasteiger partial charge in [-0.25, -0.2) is 4.39 Å². The Labute approximate surface area is 99.4 Å². The lowest BCUT2D eigenvalue weighted by atomic mass is 10.2. The Morgan fingerprint density at radius 1 is 1.56 bits per heavy atom. The summed E-state index contributed by atoms with van der Waals surface area (Å²) in [6.07, 6.45) is 1.36. The highest BCUT2D eigenvalue weighted by molar-refractivity contribution is 7.99. The van der Waals surface area contributed by atoms with Crippen LogP contribution in [0.3, 0.4) is 0 Å². The second-order valence-corrected chi connectivity index (χ2v) is 5.28. The number of rotatable bonds is 3. The van der Waals surface area contributed by atoms with E-state index in [0.717, 1.165) is 24.3 Å². The van der Waals surface area contributed by atoms with Gasteiger partial charge < -0.3 is 10.5 Å². The summed E-state index contributed by atoms with van der Waals surface area (Å²) in [6, 6.07) is 4.54. The molecule has 1 heterocycles. The number of anilines is 1. The van der Waals surface area contributed by atoms with Crippen LogP contribution in [0, 0.1) is 5.82 Å². The van der Waals surface area contributed by atoms with Gasteiger partial charge in [-0.2, -0.15) is 11.8 Å². The maximum Gasteiger partial charge on any atom is 0.123 e. The van der Waals surface area contributed by atoms with Gasteiger partial charge in [0.25, 0.3) is 0 Å². The van der Waals surface area contributed by atoms with E-state index in [4.69, 9.17) is 10.5 Å². The van der Waals surface area contributed by atoms with Gasteiger partial charge in [0.1, 0.15) is 5.82 Å². The summed E-state index contributed by atoms with van der Waals surface area (Å²) in [5, 5.41) is 0.502. The minimum atomic E-state index is -0.222. The normalized spacial score (nSPS) is 24.9. The Bertz CT molecular complexity index is 372. The second kappa shape index (κ2) is 5.06. The minimum Gasteiger partial charge on any atom is -0.398 e. The molecular weight excluding hydrogens is 225 g/mol. The number of ether oxygens (including phenoxy) is 1. The van der Waals surface area contributed by atoms with Crippen LogP contribution in [0.1, 0.15) is 18.9 Å². The summed E-state index contributed by atoms with van der Waals surface area (Å²) >= 11 is 1.80. The Morgan fingerprint density at radius 3 is 3.06 bits per heavy atom. The SMILES string of the molecule is CC1OCCC1SCc1cc(F)ccc1N. The molecule has 1 aliphatic rings. The number of hydrogen-bond donors (Lipinski definition) is 1. The number of benzene rings is 1. The quantitative estimate of drug-likeness (QED) is 0.826. The molecule has 1 saturated heterocycles. The molecule has 0 saturated carbocycles. The van der Waals surface area contributed by atoms with Gasteiger partial charge in [0.15, 0.2) is 0 Å². The second-order valence-electron chi connectivity index (χ2n) is 4.06. The van der Waals surface area contributed by atoms with Crippen LogP contribution in [0.4, 0.5) is 10.1 Å². The lowest BCUT2D eigenvalue weighted by molar-refractivity contribution is 0.127. The van der Waals surface area contributed by atoms with Crippen molar-refractivity contribution in [2.75, 3.05) is 12.3 Å². The molecule has 2 unspecified atom stereocenters. The summed E-state index contributed by atoms with van der Waals surface area (Å²) in [7, 11) is 0. The number of nitrogens with two attached hydrogens (primary N) is 1. The molecule has 0 aromatic heterocycles. The third-order valence-electron chi connectivity index (χ3n) is 2.86. The molecule has 0 bridgehead atoms. The zero-order valence-corrected chi connectivity index (χ0v) is 10.1. The van der Waals surface area contributed by atoms with Crippen LogP contribution in [-0.4, -0.2) is 18.0 Å². The summed E-state index contributed by atoms with van der Waals surface area (Å²) in [4.78, 5) is 0. The Morgan fingerprint density at radius 2 is 2.38 bits per heavy atom. The van der Waals surface area contributed by atoms with Crippen molar-refractivity contribution >= 4 is 17.4 Å². The summed E-state index contributed by atoms with van der Waals surface area (Å²) in [5.74, 6) is 0.530. The van der Waals surface area contributed by atoms with Gasteiger partial charge in [-0.05, 0) is 37.1 Å². The number of nitrogen functional groups attached to an aromatic ring is 1. The zero-order valence-electron chi connectivity index (χ0n) is 9.28. The van der Waals surface area contributed by atoms with E-state index in [2.05, 4.69) is 6.92 Å². The monoisotopic (exact) mass is 241 g/mol. The minimum absolute atomic E-state index is 0.222. The van der Waals surface area contributed by atoms with Gasteiger partial charge in [0, 0.05) is 23.3 Å². The van der Waals surface area contributed by atoms with E-state index in [9.17, 15) is 4.39 Å². The molecule has 16 heavy (non-hydrogen) atoms. The zero-order chi connectivity index (χ0) is 11.5. The number of thioether (sulfide) groups is 1. The van der Waals surface area contributed by atoms with Crippen LogP contribution in [0.25, 0.3) is 0 Å². The van der Waals surface area contributed by atoms with Crippen LogP contribution in [-0.2, 0) is 10.5 Å². The molecular formula is C12H16FNOS. The number of hydrogen-bond acceptors (Lipinski definition) is 3. The van der Waals surface area contributed by atoms with Crippen molar-refractivity contribution in [3.63, 3.8) is 0 Å². The molecule has 2 nitrogen and oxygen atoms in total. The Kier molecular flexibility index (Phi) is 3.71. The molecule has 1 aromatic rings. The van der Waals surface area contributed by atoms with E-state index in [1.54, 1.807) is 17.8 Å². The molecule has 4 heteroatoms. The molecule has 2 N–H and O–H groups in total. The van der Waals surface area contributed by atoms with Crippen molar-refractivity contribution in [1.29, 1.82) is 0 Å². The molecule has 0 spiro atoms. The largest absolute Gasteiger partial charge is 0.398 e. The van der Waals surface area contributed by atoms with Gasteiger partial charge >= 0.3 is 0 Å². The van der Waals surface area contributed by atoms with E-state index in [0.29, 0.717) is 17.0 Å². The predicted molar refractivity (Wildman–Crippen MR) is 65.9 cm³/mol. The molecule has 0 amide bonds. The lowest BCUT2D eigenvalue weighted by Crippen LogP contribution is -2.13. The van der Waals surface area contributed by atoms with E-state index >= 15 is 0 Å². The number of halogens is 1. The molecule has 2 atom stereocenters. The fourth-order valence-corrected chi connectivity index (χ4v) is 3.08. The van der Waals surface area contributed by atoms with E-state index in [1.165, 1.54) is 12.1 Å². The highest BCUT2D eigenvalue weighted by atomic mass is 32.2. The molecule has 1 fully saturated rings. The van der Waals surface area contributed by atoms with Gasteiger partial charge in [-0.3, -0.25) is 0 Å². The van der Waals surface area contributed by atoms with Gasteiger partial charge in [0.05, 0.1) is 6.10 Å². The molecule has 1 aliphatic heterocycles. The molecule has 2 rings (SSSR count). The average molecular weight is 241 g/mol. The van der Waals surface area contributed by atoms with Gasteiger partial charge in [-0.15, -0.1) is 0 Å². The Hall–Kier alpha value is -0.740. The Balaban J connectivity index is 1.96. The maximum atomic E-state index is 13.0. The third-order valence-corrected chi connectivity index (χ3v) is 4.39. The fraction of sp³-hybridized carbons (Fsp3) is 0.500. The van der Waals surface area contributed by atoms with Crippen LogP contribution in [0.15, 0.2) is 18.2 Å². The van der Waals surface area contributed by atoms with Crippen molar-refractivity contribution in [1.82, 2.24) is 0 Å². The standard InChI is InChI=1S/C12H16FNOS/c1-8-12(4-5-15-8)16-7-9-6-10(13)2-3-11(9)14/h2-3,6,8,12H,4-5,7,14H2,1H3. The van der Waals surface area contributed by atoms with Crippen LogP contribution in [0.2, 0.25) is 0 Å². The lowest BCUT2D eigenvalue weighted by Gasteiger charge is -2.14. The molecule has 0 aliphatic carbocycles. The van der Waals surface area contributed by atoms with Gasteiger partial charge in [-0.1, -0.05) is 0 Å². The topological polar surface area (TPSA) is 35.2 Å². The van der Waals surface area contributed by atoms with Crippen LogP contribution >= 0.6 is 11.8 Å². The van der Waals surface area contributed by atoms with Crippen molar-refractivity contribution in [2.24, 2.45) is 0 Å². The first-order valence-corrected chi connectivity index (χ1v) is 6.49. The first-order valence-electron chi connectivity index (χ1n) is 5.44. The van der Waals surface area contributed by atoms with Crippen molar-refractivity contribution in [3.8, 4) is 0 Å². The first kappa shape index (κ1) is 11.7. The summed E-state index contributed by atoms with van der Waals surface area (Å²) in [5.41, 5.74) is 7.34. The molecule has 88 valence electrons. The third kappa shape index (κ3) is 2.68. The smallest absolute Gasteiger partial charge is 0.123 e. The van der Waals surface area contributed by atoms with Crippen LogP contribution < -0.4 is 5.73 Å². The average Bonchev–Trinajstić information content (AvgIpc) is 2.66. The summed E-state index contributed by atoms with van der Waals surface area (Å²) in [6.45, 7) is 2.91. The van der Waals surface area contributed by atoms with Crippen molar-refractivity contribution in [3.05, 3.63) is 29.6 Å².